The average Bonchev–Trinajstić information content (AvgIpc) is 3.05. The first-order valence-electron chi connectivity index (χ1n) is 13.5. The van der Waals surface area contributed by atoms with Gasteiger partial charge in [-0.05, 0) is 90.0 Å². The van der Waals surface area contributed by atoms with Gasteiger partial charge in [0.2, 0.25) is 0 Å². The maximum absolute atomic E-state index is 9.58. The first-order chi connectivity index (χ1) is 21.0. The van der Waals surface area contributed by atoms with Crippen molar-refractivity contribution in [3.8, 4) is 51.4 Å². The van der Waals surface area contributed by atoms with Gasteiger partial charge in [-0.1, -0.05) is 78.9 Å². The number of para-hydroxylation sites is 1. The van der Waals surface area contributed by atoms with E-state index in [1.54, 1.807) is 54.6 Å². The molecular formula is C37H32O6. The Kier molecular flexibility index (Phi) is 11.0. The Morgan fingerprint density at radius 1 is 0.419 bits per heavy atom. The fourth-order valence-electron chi connectivity index (χ4n) is 3.80. The van der Waals surface area contributed by atoms with Crippen molar-refractivity contribution in [3.63, 3.8) is 0 Å². The molecule has 0 saturated heterocycles. The molecule has 0 fully saturated rings. The summed E-state index contributed by atoms with van der Waals surface area (Å²) in [5.74, 6) is 3.09. The molecule has 0 unspecified atom stereocenters. The van der Waals surface area contributed by atoms with Crippen molar-refractivity contribution in [1.29, 1.82) is 0 Å². The Morgan fingerprint density at radius 2 is 0.884 bits per heavy atom. The molecule has 216 valence electrons. The molecule has 0 aliphatic heterocycles. The highest BCUT2D eigenvalue weighted by molar-refractivity contribution is 5.71. The zero-order chi connectivity index (χ0) is 30.3. The third-order valence-corrected chi connectivity index (χ3v) is 5.97. The second-order valence-corrected chi connectivity index (χ2v) is 9.24. The van der Waals surface area contributed by atoms with Gasteiger partial charge in [0.15, 0.2) is 0 Å². The summed E-state index contributed by atoms with van der Waals surface area (Å²) in [6.07, 6.45) is 0. The van der Waals surface area contributed by atoms with Crippen LogP contribution in [0.15, 0.2) is 158 Å². The number of hydrogen-bond donors (Lipinski definition) is 4. The maximum Gasteiger partial charge on any atom is 0.127 e. The number of hydrogen-bond acceptors (Lipinski definition) is 6. The molecule has 6 aromatic rings. The van der Waals surface area contributed by atoms with Crippen LogP contribution < -0.4 is 9.47 Å². The molecule has 6 aromatic carbocycles. The summed E-state index contributed by atoms with van der Waals surface area (Å²) in [7, 11) is 0. The molecule has 6 rings (SSSR count). The first kappa shape index (κ1) is 30.1. The van der Waals surface area contributed by atoms with E-state index in [4.69, 9.17) is 19.7 Å². The molecular weight excluding hydrogens is 540 g/mol. The van der Waals surface area contributed by atoms with Crippen LogP contribution in [0.3, 0.4) is 0 Å². The molecule has 0 aromatic heterocycles. The Labute approximate surface area is 250 Å². The Morgan fingerprint density at radius 3 is 1.47 bits per heavy atom. The van der Waals surface area contributed by atoms with Gasteiger partial charge in [-0.3, -0.25) is 0 Å². The molecule has 0 saturated carbocycles. The van der Waals surface area contributed by atoms with Crippen LogP contribution in [-0.2, 0) is 6.61 Å². The Hall–Kier alpha value is -5.88. The van der Waals surface area contributed by atoms with Gasteiger partial charge in [-0.25, -0.2) is 0 Å². The smallest absolute Gasteiger partial charge is 0.127 e. The van der Waals surface area contributed by atoms with E-state index < -0.39 is 0 Å². The number of rotatable bonds is 6. The van der Waals surface area contributed by atoms with Crippen LogP contribution in [0.4, 0.5) is 0 Å². The Balaban J connectivity index is 0.000000148. The lowest BCUT2D eigenvalue weighted by Crippen LogP contribution is -1.94. The van der Waals surface area contributed by atoms with Gasteiger partial charge in [0, 0.05) is 5.56 Å². The van der Waals surface area contributed by atoms with E-state index in [1.165, 1.54) is 12.1 Å². The molecule has 0 aliphatic carbocycles. The van der Waals surface area contributed by atoms with Gasteiger partial charge in [-0.2, -0.15) is 0 Å². The van der Waals surface area contributed by atoms with E-state index in [9.17, 15) is 10.2 Å². The van der Waals surface area contributed by atoms with Crippen molar-refractivity contribution >= 4 is 0 Å². The molecule has 0 bridgehead atoms. The largest absolute Gasteiger partial charge is 0.508 e. The van der Waals surface area contributed by atoms with Gasteiger partial charge in [0.05, 0.1) is 0 Å². The number of phenols is 4. The second-order valence-electron chi connectivity index (χ2n) is 9.24. The summed E-state index contributed by atoms with van der Waals surface area (Å²) < 4.78 is 11.1. The van der Waals surface area contributed by atoms with Crippen molar-refractivity contribution in [2.75, 3.05) is 0 Å². The van der Waals surface area contributed by atoms with Crippen molar-refractivity contribution in [3.05, 3.63) is 163 Å². The lowest BCUT2D eigenvalue weighted by Gasteiger charge is -2.05. The average molecular weight is 573 g/mol. The van der Waals surface area contributed by atoms with Crippen LogP contribution in [0, 0.1) is 0 Å². The number of benzene rings is 6. The fraction of sp³-hybridized carbons (Fsp3) is 0.0270. The van der Waals surface area contributed by atoms with Crippen LogP contribution >= 0.6 is 0 Å². The number of phenolic OH excluding ortho intramolecular Hbond substituents is 4. The third kappa shape index (κ3) is 10.2. The molecule has 0 heterocycles. The third-order valence-electron chi connectivity index (χ3n) is 5.97. The zero-order valence-corrected chi connectivity index (χ0v) is 23.3. The summed E-state index contributed by atoms with van der Waals surface area (Å²) >= 11 is 0. The number of ether oxygens (including phenoxy) is 2. The molecule has 6 heteroatoms. The van der Waals surface area contributed by atoms with Gasteiger partial charge in [-0.15, -0.1) is 0 Å². The van der Waals surface area contributed by atoms with E-state index in [0.717, 1.165) is 22.6 Å². The fourth-order valence-corrected chi connectivity index (χ4v) is 3.80. The first-order valence-corrected chi connectivity index (χ1v) is 13.5. The van der Waals surface area contributed by atoms with E-state index in [1.807, 2.05) is 91.0 Å². The van der Waals surface area contributed by atoms with Crippen molar-refractivity contribution in [1.82, 2.24) is 0 Å². The lowest BCUT2D eigenvalue weighted by atomic mass is 10.0. The van der Waals surface area contributed by atoms with E-state index >= 15 is 0 Å². The van der Waals surface area contributed by atoms with Crippen LogP contribution in [0.1, 0.15) is 5.56 Å². The molecule has 43 heavy (non-hydrogen) atoms. The number of aromatic hydroxyl groups is 4. The summed E-state index contributed by atoms with van der Waals surface area (Å²) in [6.45, 7) is 0.547. The molecule has 0 amide bonds. The summed E-state index contributed by atoms with van der Waals surface area (Å²) in [5, 5.41) is 37.0. The maximum atomic E-state index is 9.58. The standard InChI is InChI=1S/C13H12O2.2C12H10O2/c14-12-6-8-13(9-7-12)15-10-11-4-2-1-3-5-11;13-10-6-8-12(9-7-10)14-11-4-2-1-3-5-11;13-10-6-7-12(14)11(8-10)9-4-2-1-3-5-9/h1-9,14H,10H2;1-9,13H;1-8,13-14H. The minimum Gasteiger partial charge on any atom is -0.508 e. The summed E-state index contributed by atoms with van der Waals surface area (Å²) in [5.41, 5.74) is 2.66. The second kappa shape index (κ2) is 15.8. The summed E-state index contributed by atoms with van der Waals surface area (Å²) in [6, 6.07) is 46.8. The molecule has 0 spiro atoms. The van der Waals surface area contributed by atoms with Gasteiger partial charge >= 0.3 is 0 Å². The topological polar surface area (TPSA) is 99.4 Å². The summed E-state index contributed by atoms with van der Waals surface area (Å²) in [4.78, 5) is 0. The highest BCUT2D eigenvalue weighted by Gasteiger charge is 2.04. The van der Waals surface area contributed by atoms with Gasteiger partial charge < -0.3 is 29.9 Å². The van der Waals surface area contributed by atoms with Crippen molar-refractivity contribution < 1.29 is 29.9 Å². The van der Waals surface area contributed by atoms with Gasteiger partial charge in [0.25, 0.3) is 0 Å². The van der Waals surface area contributed by atoms with E-state index in [0.29, 0.717) is 17.9 Å². The van der Waals surface area contributed by atoms with E-state index in [-0.39, 0.29) is 23.0 Å². The quantitative estimate of drug-likeness (QED) is 0.149. The SMILES string of the molecule is Oc1ccc(O)c(-c2ccccc2)c1.Oc1ccc(OCc2ccccc2)cc1.Oc1ccc(Oc2ccccc2)cc1. The van der Waals surface area contributed by atoms with Gasteiger partial charge in [0.1, 0.15) is 46.9 Å². The molecule has 4 N–H and O–H groups in total. The van der Waals surface area contributed by atoms with Crippen LogP contribution in [0.25, 0.3) is 11.1 Å². The van der Waals surface area contributed by atoms with Crippen LogP contribution in [0.5, 0.6) is 40.2 Å². The lowest BCUT2D eigenvalue weighted by molar-refractivity contribution is 0.305. The minimum absolute atomic E-state index is 0.154. The molecule has 0 aliphatic rings. The highest BCUT2D eigenvalue weighted by atomic mass is 16.5. The van der Waals surface area contributed by atoms with Crippen LogP contribution in [-0.4, -0.2) is 20.4 Å². The van der Waals surface area contributed by atoms with Crippen molar-refractivity contribution in [2.45, 2.75) is 6.61 Å². The Bertz CT molecular complexity index is 1640. The highest BCUT2D eigenvalue weighted by Crippen LogP contribution is 2.31. The zero-order valence-electron chi connectivity index (χ0n) is 23.3. The van der Waals surface area contributed by atoms with E-state index in [2.05, 4.69) is 0 Å². The molecule has 0 radical (unpaired) electrons. The predicted molar refractivity (Wildman–Crippen MR) is 169 cm³/mol. The molecule has 6 nitrogen and oxygen atoms in total. The normalized spacial score (nSPS) is 9.86. The van der Waals surface area contributed by atoms with Crippen LogP contribution in [0.2, 0.25) is 0 Å². The predicted octanol–water partition coefficient (Wildman–Crippen LogP) is 8.92. The minimum atomic E-state index is 0.154. The van der Waals surface area contributed by atoms with Crippen molar-refractivity contribution in [2.24, 2.45) is 0 Å². The monoisotopic (exact) mass is 572 g/mol. The molecule has 0 atom stereocenters.